The summed E-state index contributed by atoms with van der Waals surface area (Å²) in [5.74, 6) is 0. The lowest BCUT2D eigenvalue weighted by Gasteiger charge is -2.35. The Balaban J connectivity index is 1.96. The number of nitrogens with zero attached hydrogens (tertiary/aromatic N) is 3. The first-order valence-electron chi connectivity index (χ1n) is 7.24. The van der Waals surface area contributed by atoms with E-state index in [9.17, 15) is 0 Å². The maximum absolute atomic E-state index is 4.37. The van der Waals surface area contributed by atoms with Crippen molar-refractivity contribution in [2.24, 2.45) is 0 Å². The summed E-state index contributed by atoms with van der Waals surface area (Å²) in [7, 11) is 2.04. The van der Waals surface area contributed by atoms with Crippen molar-refractivity contribution in [1.82, 2.24) is 20.0 Å². The van der Waals surface area contributed by atoms with Gasteiger partial charge in [-0.15, -0.1) is 0 Å². The molecule has 4 nitrogen and oxygen atoms in total. The van der Waals surface area contributed by atoms with Crippen molar-refractivity contribution in [2.75, 3.05) is 20.1 Å². The van der Waals surface area contributed by atoms with Crippen molar-refractivity contribution < 1.29 is 0 Å². The molecular weight excluding hydrogens is 224 g/mol. The molecule has 1 aliphatic heterocycles. The zero-order chi connectivity index (χ0) is 12.8. The molecule has 1 N–H and O–H groups in total. The second-order valence-corrected chi connectivity index (χ2v) is 5.15. The molecule has 1 fully saturated rings. The van der Waals surface area contributed by atoms with E-state index in [0.717, 1.165) is 25.7 Å². The smallest absolute Gasteiger partial charge is 0.0524 e. The van der Waals surface area contributed by atoms with Crippen LogP contribution in [0.15, 0.2) is 12.3 Å². The van der Waals surface area contributed by atoms with Gasteiger partial charge in [0.2, 0.25) is 0 Å². The van der Waals surface area contributed by atoms with E-state index >= 15 is 0 Å². The third-order valence-electron chi connectivity index (χ3n) is 3.95. The predicted octanol–water partition coefficient (Wildman–Crippen LogP) is 1.87. The van der Waals surface area contributed by atoms with Gasteiger partial charge in [-0.05, 0) is 52.4 Å². The molecule has 0 saturated carbocycles. The van der Waals surface area contributed by atoms with E-state index < -0.39 is 0 Å². The lowest BCUT2D eigenvalue weighted by molar-refractivity contribution is 0.129. The van der Waals surface area contributed by atoms with Crippen LogP contribution in [0, 0.1) is 0 Å². The molecule has 0 bridgehead atoms. The van der Waals surface area contributed by atoms with Crippen LogP contribution in [0.2, 0.25) is 0 Å². The predicted molar refractivity (Wildman–Crippen MR) is 74.5 cm³/mol. The van der Waals surface area contributed by atoms with E-state index in [1.54, 1.807) is 0 Å². The van der Waals surface area contributed by atoms with E-state index in [2.05, 4.69) is 33.0 Å². The summed E-state index contributed by atoms with van der Waals surface area (Å²) in [4.78, 5) is 2.64. The zero-order valence-electron chi connectivity index (χ0n) is 11.7. The van der Waals surface area contributed by atoms with Crippen LogP contribution in [-0.4, -0.2) is 40.9 Å². The summed E-state index contributed by atoms with van der Waals surface area (Å²) in [5.41, 5.74) is 1.36. The Labute approximate surface area is 110 Å². The Kier molecular flexibility index (Phi) is 5.20. The molecule has 0 aromatic carbocycles. The van der Waals surface area contributed by atoms with Gasteiger partial charge in [-0.2, -0.15) is 5.10 Å². The van der Waals surface area contributed by atoms with Crippen LogP contribution in [0.25, 0.3) is 0 Å². The topological polar surface area (TPSA) is 33.1 Å². The fourth-order valence-electron chi connectivity index (χ4n) is 2.89. The molecule has 1 unspecified atom stereocenters. The van der Waals surface area contributed by atoms with Crippen molar-refractivity contribution in [2.45, 2.75) is 51.7 Å². The number of piperidine rings is 1. The summed E-state index contributed by atoms with van der Waals surface area (Å²) in [5, 5.41) is 7.64. The van der Waals surface area contributed by atoms with Gasteiger partial charge in [-0.3, -0.25) is 9.58 Å². The van der Waals surface area contributed by atoms with Gasteiger partial charge in [0.15, 0.2) is 0 Å². The molecular formula is C14H26N4. The normalized spacial score (nSPS) is 21.3. The van der Waals surface area contributed by atoms with Gasteiger partial charge in [-0.1, -0.05) is 6.42 Å². The van der Waals surface area contributed by atoms with Crippen molar-refractivity contribution in [1.29, 1.82) is 0 Å². The van der Waals surface area contributed by atoms with E-state index in [1.165, 1.54) is 37.9 Å². The van der Waals surface area contributed by atoms with Crippen LogP contribution in [-0.2, 0) is 13.1 Å². The van der Waals surface area contributed by atoms with E-state index in [-0.39, 0.29) is 0 Å². The molecule has 1 aromatic rings. The number of hydrogen-bond donors (Lipinski definition) is 1. The third kappa shape index (κ3) is 3.33. The van der Waals surface area contributed by atoms with E-state index in [4.69, 9.17) is 0 Å². The SMILES string of the molecule is CCn1nccc1CN1CCCCC1CCNC. The number of aryl methyl sites for hydroxylation is 1. The third-order valence-corrected chi connectivity index (χ3v) is 3.95. The highest BCUT2D eigenvalue weighted by Crippen LogP contribution is 2.21. The molecule has 0 spiro atoms. The average molecular weight is 250 g/mol. The van der Waals surface area contributed by atoms with Crippen LogP contribution in [0.1, 0.15) is 38.3 Å². The average Bonchev–Trinajstić information content (AvgIpc) is 2.85. The summed E-state index contributed by atoms with van der Waals surface area (Å²) in [6, 6.07) is 2.90. The Morgan fingerprint density at radius 3 is 3.11 bits per heavy atom. The van der Waals surface area contributed by atoms with Crippen LogP contribution in [0.5, 0.6) is 0 Å². The van der Waals surface area contributed by atoms with Crippen LogP contribution >= 0.6 is 0 Å². The minimum absolute atomic E-state index is 0.742. The molecule has 18 heavy (non-hydrogen) atoms. The van der Waals surface area contributed by atoms with Crippen molar-refractivity contribution in [3.05, 3.63) is 18.0 Å². The van der Waals surface area contributed by atoms with Crippen LogP contribution in [0.4, 0.5) is 0 Å². The number of nitrogens with one attached hydrogen (secondary N) is 1. The number of aromatic nitrogens is 2. The van der Waals surface area contributed by atoms with Gasteiger partial charge in [0.25, 0.3) is 0 Å². The molecule has 1 saturated heterocycles. The van der Waals surface area contributed by atoms with Crippen molar-refractivity contribution in [3.63, 3.8) is 0 Å². The lowest BCUT2D eigenvalue weighted by atomic mass is 9.99. The first-order chi connectivity index (χ1) is 8.85. The molecule has 0 aliphatic carbocycles. The molecule has 1 aromatic heterocycles. The van der Waals surface area contributed by atoms with Gasteiger partial charge >= 0.3 is 0 Å². The summed E-state index contributed by atoms with van der Waals surface area (Å²) in [6.45, 7) is 6.54. The standard InChI is InChI=1S/C14H26N4/c1-3-18-14(8-10-16-18)12-17-11-5-4-6-13(17)7-9-15-2/h8,10,13,15H,3-7,9,11-12H2,1-2H3. The molecule has 1 atom stereocenters. The van der Waals surface area contributed by atoms with Gasteiger partial charge in [0.05, 0.1) is 5.69 Å². The molecule has 4 heteroatoms. The van der Waals surface area contributed by atoms with Gasteiger partial charge in [0, 0.05) is 25.3 Å². The molecule has 1 aliphatic rings. The first-order valence-corrected chi connectivity index (χ1v) is 7.24. The molecule has 102 valence electrons. The quantitative estimate of drug-likeness (QED) is 0.836. The van der Waals surface area contributed by atoms with Gasteiger partial charge in [0.1, 0.15) is 0 Å². The van der Waals surface area contributed by atoms with Gasteiger partial charge in [-0.25, -0.2) is 0 Å². The Morgan fingerprint density at radius 2 is 2.33 bits per heavy atom. The Hall–Kier alpha value is -0.870. The molecule has 2 heterocycles. The van der Waals surface area contributed by atoms with E-state index in [1.807, 2.05) is 13.2 Å². The van der Waals surface area contributed by atoms with Gasteiger partial charge < -0.3 is 5.32 Å². The fraction of sp³-hybridized carbons (Fsp3) is 0.786. The lowest BCUT2D eigenvalue weighted by Crippen LogP contribution is -2.40. The maximum atomic E-state index is 4.37. The highest BCUT2D eigenvalue weighted by Gasteiger charge is 2.22. The Morgan fingerprint density at radius 1 is 1.44 bits per heavy atom. The first kappa shape index (κ1) is 13.6. The van der Waals surface area contributed by atoms with Crippen LogP contribution in [0.3, 0.4) is 0 Å². The minimum atomic E-state index is 0.742. The molecule has 2 rings (SSSR count). The monoisotopic (exact) mass is 250 g/mol. The summed E-state index contributed by atoms with van der Waals surface area (Å²) >= 11 is 0. The van der Waals surface area contributed by atoms with Crippen molar-refractivity contribution in [3.8, 4) is 0 Å². The second kappa shape index (κ2) is 6.90. The number of hydrogen-bond acceptors (Lipinski definition) is 3. The van der Waals surface area contributed by atoms with Crippen LogP contribution < -0.4 is 5.32 Å². The largest absolute Gasteiger partial charge is 0.320 e. The molecule has 0 amide bonds. The van der Waals surface area contributed by atoms with E-state index in [0.29, 0.717) is 0 Å². The highest BCUT2D eigenvalue weighted by molar-refractivity contribution is 5.01. The maximum Gasteiger partial charge on any atom is 0.0524 e. The second-order valence-electron chi connectivity index (χ2n) is 5.15. The highest BCUT2D eigenvalue weighted by atomic mass is 15.3. The van der Waals surface area contributed by atoms with Crippen molar-refractivity contribution >= 4 is 0 Å². The Bertz CT molecular complexity index is 347. The fourth-order valence-corrected chi connectivity index (χ4v) is 2.89. The zero-order valence-corrected chi connectivity index (χ0v) is 11.7. The molecule has 0 radical (unpaired) electrons. The summed E-state index contributed by atoms with van der Waals surface area (Å²) in [6.07, 6.45) is 7.26. The number of likely N-dealkylation sites (tertiary alicyclic amines) is 1. The minimum Gasteiger partial charge on any atom is -0.320 e. The number of rotatable bonds is 6. The summed E-state index contributed by atoms with van der Waals surface area (Å²) < 4.78 is 2.11.